The first-order valence-electron chi connectivity index (χ1n) is 32.3. The van der Waals surface area contributed by atoms with Gasteiger partial charge in [0.05, 0.1) is 22.8 Å². The van der Waals surface area contributed by atoms with E-state index in [1.165, 1.54) is 111 Å². The molecule has 0 spiro atoms. The Labute approximate surface area is 516 Å². The molecule has 4 atom stereocenters. The van der Waals surface area contributed by atoms with E-state index in [0.717, 1.165) is 122 Å². The third kappa shape index (κ3) is 10.2. The molecular formula is C84H70N4. The predicted octanol–water partition coefficient (Wildman–Crippen LogP) is 18.5. The van der Waals surface area contributed by atoms with Crippen molar-refractivity contribution in [1.82, 2.24) is 19.9 Å². The molecular weight excluding hydrogens is 1060 g/mol. The summed E-state index contributed by atoms with van der Waals surface area (Å²) >= 11 is 0. The van der Waals surface area contributed by atoms with E-state index in [-0.39, 0.29) is 23.7 Å². The Bertz CT molecular complexity index is 4080. The number of nitrogens with one attached hydrogen (secondary N) is 2. The van der Waals surface area contributed by atoms with E-state index >= 15 is 0 Å². The smallest absolute Gasteiger partial charge is 0.0696 e. The standard InChI is InChI=1S/C84H70N4/c1-5-57-25-33-65(34-26-57)69(49-61-17-9-53(1)10-18-61)81-73-41-43-75(85-73)82(70-50-62-19-11-54(12-20-62)2-6-58-27-35-66(70)36-28-58)77-45-47-79(87-77)84(72-52-64-23-15-56(16-24-64)4-8-60-31-39-68(72)40-32-60)80-48-46-78(88-80)83(76-44-42-74(81)86-76)71-51-63-21-13-55(14-22-63)3-7-59-29-37-67(71)38-30-59/h9-48,69-72,85,88H,1-8,49-52H2. The van der Waals surface area contributed by atoms with Crippen LogP contribution >= 0.6 is 0 Å². The fourth-order valence-electron chi connectivity index (χ4n) is 15.4. The average Bonchev–Trinajstić information content (AvgIpc) is 3.57. The molecule has 0 saturated carbocycles. The van der Waals surface area contributed by atoms with Crippen LogP contribution in [0.5, 0.6) is 0 Å². The molecule has 4 unspecified atom stereocenters. The molecule has 3 aromatic heterocycles. The molecule has 16 aliphatic carbocycles. The van der Waals surface area contributed by atoms with Crippen LogP contribution in [0, 0.1) is 0 Å². The summed E-state index contributed by atoms with van der Waals surface area (Å²) in [5.74, 6) is -0.136. The highest BCUT2D eigenvalue weighted by Crippen LogP contribution is 2.44. The lowest BCUT2D eigenvalue weighted by Crippen LogP contribution is -2.11. The summed E-state index contributed by atoms with van der Waals surface area (Å²) in [7, 11) is 0. The fraction of sp³-hybridized carbons (Fsp3) is 0.190. The first kappa shape index (κ1) is 52.7. The van der Waals surface area contributed by atoms with Gasteiger partial charge in [-0.1, -0.05) is 194 Å². The van der Waals surface area contributed by atoms with Crippen LogP contribution < -0.4 is 0 Å². The zero-order chi connectivity index (χ0) is 58.1. The molecule has 4 nitrogen and oxygen atoms in total. The van der Waals surface area contributed by atoms with E-state index in [1.807, 2.05) is 0 Å². The van der Waals surface area contributed by atoms with Gasteiger partial charge in [-0.25, -0.2) is 9.97 Å². The van der Waals surface area contributed by atoms with Crippen LogP contribution in [-0.2, 0) is 77.0 Å². The number of H-pyrrole nitrogens is 2. The van der Waals surface area contributed by atoms with Gasteiger partial charge in [-0.05, 0) is 215 Å². The maximum absolute atomic E-state index is 6.06. The zero-order valence-corrected chi connectivity index (χ0v) is 49.8. The van der Waals surface area contributed by atoms with Gasteiger partial charge < -0.3 is 9.97 Å². The molecule has 2 N–H and O–H groups in total. The van der Waals surface area contributed by atoms with E-state index < -0.39 is 0 Å². The zero-order valence-electron chi connectivity index (χ0n) is 49.8. The van der Waals surface area contributed by atoms with Gasteiger partial charge in [0.2, 0.25) is 0 Å². The van der Waals surface area contributed by atoms with Crippen LogP contribution in [0.2, 0.25) is 0 Å². The Morgan fingerprint density at radius 3 is 0.568 bits per heavy atom. The quantitative estimate of drug-likeness (QED) is 0.184. The fourth-order valence-corrected chi connectivity index (χ4v) is 15.4. The Morgan fingerprint density at radius 2 is 0.375 bits per heavy atom. The number of nitrogens with zero attached hydrogens (tertiary/aromatic N) is 2. The van der Waals surface area contributed by atoms with Crippen molar-refractivity contribution >= 4 is 46.4 Å². The van der Waals surface area contributed by atoms with Crippen molar-refractivity contribution in [3.8, 4) is 0 Å². The van der Waals surface area contributed by atoms with E-state index in [2.05, 4.69) is 253 Å². The molecule has 11 aromatic rings. The van der Waals surface area contributed by atoms with Crippen LogP contribution in [-0.4, -0.2) is 19.9 Å². The number of aryl methyl sites for hydroxylation is 8. The van der Waals surface area contributed by atoms with E-state index in [0.29, 0.717) is 0 Å². The molecule has 24 bridgehead atoms. The SMILES string of the molecule is C1=Cc2nc1c(C1Cc3ccc(cc3)CCc3ccc1cc3)c1ccc([nH]1)c(C1Cc3ccc(cc3)CCc3ccc1cc3)c1nc(c(C3Cc4ccc(cc4)CCc4ccc3cc4)c3ccc([nH]3)c2C2Cc3ccc(cc3)CCc3ccc2cc3)C=C1. The first-order chi connectivity index (χ1) is 43.5. The molecule has 18 aliphatic rings. The van der Waals surface area contributed by atoms with Crippen LogP contribution in [0.4, 0.5) is 0 Å². The van der Waals surface area contributed by atoms with Crippen LogP contribution in [0.25, 0.3) is 46.4 Å². The molecule has 2 aliphatic heterocycles. The summed E-state index contributed by atoms with van der Waals surface area (Å²) in [6, 6.07) is 85.4. The van der Waals surface area contributed by atoms with Gasteiger partial charge in [0.1, 0.15) is 0 Å². The maximum Gasteiger partial charge on any atom is 0.0696 e. The number of aromatic nitrogens is 4. The van der Waals surface area contributed by atoms with Crippen molar-refractivity contribution in [2.75, 3.05) is 0 Å². The van der Waals surface area contributed by atoms with Gasteiger partial charge in [-0.15, -0.1) is 0 Å². The normalized spacial score (nSPS) is 18.3. The number of rotatable bonds is 4. The Kier molecular flexibility index (Phi) is 13.3. The Hall–Kier alpha value is -9.64. The molecule has 29 rings (SSSR count). The largest absolute Gasteiger partial charge is 0.355 e. The topological polar surface area (TPSA) is 57.4 Å². The van der Waals surface area contributed by atoms with Crippen molar-refractivity contribution in [3.05, 3.63) is 352 Å². The summed E-state index contributed by atoms with van der Waals surface area (Å²) in [6.07, 6.45) is 20.7. The molecule has 88 heavy (non-hydrogen) atoms. The molecule has 0 radical (unpaired) electrons. The van der Waals surface area contributed by atoms with Crippen molar-refractivity contribution < 1.29 is 0 Å². The molecule has 426 valence electrons. The highest BCUT2D eigenvalue weighted by Gasteiger charge is 2.30. The second-order valence-corrected chi connectivity index (χ2v) is 25.9. The molecule has 4 heteroatoms. The maximum atomic E-state index is 6.06. The number of hydrogen-bond donors (Lipinski definition) is 2. The van der Waals surface area contributed by atoms with Gasteiger partial charge in [-0.3, -0.25) is 0 Å². The lowest BCUT2D eigenvalue weighted by atomic mass is 9.83. The van der Waals surface area contributed by atoms with E-state index in [1.54, 1.807) is 0 Å². The summed E-state index contributed by atoms with van der Waals surface area (Å²) in [5.41, 5.74) is 34.3. The van der Waals surface area contributed by atoms with E-state index in [4.69, 9.17) is 9.97 Å². The van der Waals surface area contributed by atoms with Crippen molar-refractivity contribution in [1.29, 1.82) is 0 Å². The molecule has 0 fully saturated rings. The Balaban J connectivity index is 0.993. The number of benzene rings is 8. The Morgan fingerprint density at radius 1 is 0.205 bits per heavy atom. The van der Waals surface area contributed by atoms with Crippen LogP contribution in [0.15, 0.2) is 218 Å². The molecule has 0 saturated heterocycles. The van der Waals surface area contributed by atoms with Gasteiger partial charge in [0, 0.05) is 68.0 Å². The summed E-state index contributed by atoms with van der Waals surface area (Å²) < 4.78 is 0. The van der Waals surface area contributed by atoms with Gasteiger partial charge in [0.15, 0.2) is 0 Å². The third-order valence-corrected chi connectivity index (χ3v) is 20.5. The molecule has 5 heterocycles. The van der Waals surface area contributed by atoms with Crippen LogP contribution in [0.1, 0.15) is 158 Å². The van der Waals surface area contributed by atoms with Crippen molar-refractivity contribution in [2.45, 2.75) is 101 Å². The molecule has 8 aromatic carbocycles. The average molecular weight is 1140 g/mol. The minimum atomic E-state index is -0.0340. The lowest BCUT2D eigenvalue weighted by Gasteiger charge is -2.22. The highest BCUT2D eigenvalue weighted by atomic mass is 14.8. The minimum Gasteiger partial charge on any atom is -0.355 e. The molecule has 0 amide bonds. The summed E-state index contributed by atoms with van der Waals surface area (Å²) in [5, 5.41) is 0. The third-order valence-electron chi connectivity index (χ3n) is 20.5. The second kappa shape index (κ2) is 22.3. The summed E-state index contributed by atoms with van der Waals surface area (Å²) in [4.78, 5) is 20.7. The minimum absolute atomic E-state index is 0.0340. The van der Waals surface area contributed by atoms with Crippen LogP contribution in [0.3, 0.4) is 0 Å². The highest BCUT2D eigenvalue weighted by molar-refractivity contribution is 5.86. The van der Waals surface area contributed by atoms with Crippen molar-refractivity contribution in [2.24, 2.45) is 0 Å². The van der Waals surface area contributed by atoms with Gasteiger partial charge in [-0.2, -0.15) is 0 Å². The van der Waals surface area contributed by atoms with E-state index in [9.17, 15) is 0 Å². The number of fused-ring (bicyclic) bond motifs is 8. The lowest BCUT2D eigenvalue weighted by molar-refractivity contribution is 0.790. The first-order valence-corrected chi connectivity index (χ1v) is 32.3. The summed E-state index contributed by atoms with van der Waals surface area (Å²) in [6.45, 7) is 0. The van der Waals surface area contributed by atoms with Gasteiger partial charge in [0.25, 0.3) is 0 Å². The van der Waals surface area contributed by atoms with Gasteiger partial charge >= 0.3 is 0 Å². The number of aromatic amines is 2. The monoisotopic (exact) mass is 1130 g/mol. The predicted molar refractivity (Wildman–Crippen MR) is 362 cm³/mol. The number of hydrogen-bond acceptors (Lipinski definition) is 2. The second-order valence-electron chi connectivity index (χ2n) is 25.9. The van der Waals surface area contributed by atoms with Crippen molar-refractivity contribution in [3.63, 3.8) is 0 Å².